The molecule has 3 aromatic carbocycles. The molecule has 0 aliphatic carbocycles. The largest absolute Gasteiger partial charge is 1.00 e. The van der Waals surface area contributed by atoms with Gasteiger partial charge in [-0.05, 0) is 50.0 Å². The number of hydrogen-bond donors (Lipinski definition) is 1. The van der Waals surface area contributed by atoms with Crippen LogP contribution in [0.2, 0.25) is 0 Å². The molecule has 0 saturated carbocycles. The molecule has 6 rings (SSSR count). The van der Waals surface area contributed by atoms with Crippen molar-refractivity contribution in [3.8, 4) is 11.4 Å². The Balaban J connectivity index is 0.00000451. The van der Waals surface area contributed by atoms with E-state index in [9.17, 15) is 4.79 Å². The summed E-state index contributed by atoms with van der Waals surface area (Å²) in [7, 11) is 2.16. The number of nitrogens with zero attached hydrogens (tertiary/aromatic N) is 6. The van der Waals surface area contributed by atoms with E-state index in [4.69, 9.17) is 0 Å². The number of para-hydroxylation sites is 2. The van der Waals surface area contributed by atoms with Gasteiger partial charge in [-0.25, -0.2) is 0 Å². The molecule has 0 spiro atoms. The van der Waals surface area contributed by atoms with Crippen LogP contribution in [-0.2, 0) is 22.2 Å². The van der Waals surface area contributed by atoms with Crippen molar-refractivity contribution in [2.24, 2.45) is 0 Å². The van der Waals surface area contributed by atoms with E-state index >= 15 is 0 Å². The van der Waals surface area contributed by atoms with Crippen molar-refractivity contribution in [1.29, 1.82) is 0 Å². The first-order valence-corrected chi connectivity index (χ1v) is 16.5. The van der Waals surface area contributed by atoms with Gasteiger partial charge in [-0.1, -0.05) is 87.0 Å². The molecule has 0 fully saturated rings. The van der Waals surface area contributed by atoms with Gasteiger partial charge in [0, 0.05) is 59.6 Å². The fourth-order valence-corrected chi connectivity index (χ4v) is 7.03. The minimum atomic E-state index is -0.106. The zero-order valence-corrected chi connectivity index (χ0v) is 29.2. The van der Waals surface area contributed by atoms with Crippen molar-refractivity contribution >= 4 is 23.0 Å². The Morgan fingerprint density at radius 1 is 0.854 bits per heavy atom. The smallest absolute Gasteiger partial charge is 0.220 e. The third-order valence-electron chi connectivity index (χ3n) is 9.64. The quantitative estimate of drug-likeness (QED) is 0.193. The first-order chi connectivity index (χ1) is 22.7. The van der Waals surface area contributed by atoms with Crippen LogP contribution in [0.1, 0.15) is 70.1 Å². The molecule has 0 unspecified atom stereocenters. The predicted molar refractivity (Wildman–Crippen MR) is 188 cm³/mol. The minimum absolute atomic E-state index is 0. The predicted octanol–water partition coefficient (Wildman–Crippen LogP) is 4.06. The summed E-state index contributed by atoms with van der Waals surface area (Å²) in [4.78, 5) is 15.1. The summed E-state index contributed by atoms with van der Waals surface area (Å²) in [5.41, 5.74) is 9.58. The molecule has 3 heterocycles. The average Bonchev–Trinajstić information content (AvgIpc) is 3.42. The minimum Gasteiger partial charge on any atom is -1.00 e. The van der Waals surface area contributed by atoms with Gasteiger partial charge in [-0.2, -0.15) is 4.58 Å². The highest BCUT2D eigenvalue weighted by atomic mass is 35.5. The molecule has 0 atom stereocenters. The van der Waals surface area contributed by atoms with Crippen LogP contribution in [0.25, 0.3) is 11.4 Å². The van der Waals surface area contributed by atoms with Gasteiger partial charge in [0.2, 0.25) is 17.4 Å². The Kier molecular flexibility index (Phi) is 10.5. The number of aromatic nitrogens is 4. The lowest BCUT2D eigenvalue weighted by Crippen LogP contribution is -3.00. The van der Waals surface area contributed by atoms with Crippen LogP contribution in [0, 0.1) is 0 Å². The summed E-state index contributed by atoms with van der Waals surface area (Å²) in [5, 5.41) is 18.6. The molecule has 1 N–H and O–H groups in total. The monoisotopic (exact) mass is 661 g/mol. The second-order valence-electron chi connectivity index (χ2n) is 13.4. The number of benzene rings is 3. The molecule has 0 bridgehead atoms. The highest BCUT2D eigenvalue weighted by Gasteiger charge is 2.43. The Labute approximate surface area is 290 Å². The second kappa shape index (κ2) is 14.6. The van der Waals surface area contributed by atoms with Crippen molar-refractivity contribution in [1.82, 2.24) is 25.7 Å². The highest BCUT2D eigenvalue weighted by molar-refractivity contribution is 6.03. The van der Waals surface area contributed by atoms with Gasteiger partial charge in [-0.3, -0.25) is 4.79 Å². The highest BCUT2D eigenvalue weighted by Crippen LogP contribution is 2.47. The van der Waals surface area contributed by atoms with Crippen LogP contribution in [0.4, 0.5) is 11.4 Å². The Bertz CT molecular complexity index is 1850. The molecule has 48 heavy (non-hydrogen) atoms. The molecular formula is C39H44ClN7O. The molecule has 0 radical (unpaired) electrons. The van der Waals surface area contributed by atoms with Crippen molar-refractivity contribution in [2.45, 2.75) is 70.8 Å². The van der Waals surface area contributed by atoms with Crippen LogP contribution in [0.15, 0.2) is 103 Å². The van der Waals surface area contributed by atoms with Crippen molar-refractivity contribution in [3.05, 3.63) is 120 Å². The van der Waals surface area contributed by atoms with Gasteiger partial charge in [0.25, 0.3) is 0 Å². The number of anilines is 1. The lowest BCUT2D eigenvalue weighted by atomic mass is 9.81. The molecule has 2 aliphatic heterocycles. The van der Waals surface area contributed by atoms with Crippen molar-refractivity contribution in [2.75, 3.05) is 18.5 Å². The summed E-state index contributed by atoms with van der Waals surface area (Å²) in [6, 6.07) is 25.2. The molecule has 248 valence electrons. The molecule has 1 aromatic heterocycles. The fraction of sp³-hybridized carbons (Fsp3) is 0.333. The molecule has 8 nitrogen and oxygen atoms in total. The van der Waals surface area contributed by atoms with Gasteiger partial charge < -0.3 is 22.6 Å². The molecule has 9 heteroatoms. The van der Waals surface area contributed by atoms with E-state index in [1.165, 1.54) is 40.2 Å². The molecule has 1 amide bonds. The maximum atomic E-state index is 12.6. The standard InChI is InChI=1S/C39H43N7O.ClH/c1-38(2)30-14-8-10-16-32(30)45(5)34(38)18-13-19-35-39(3,4)31-15-9-11-17-33(31)46(35)25-12-6-7-20-36(47)40-26-28-21-23-29(24-22-28)37-43-41-27-42-44-37;/h8-11,13-19,21-24,27H,6-7,12,20,25-26H2,1-5H3;1H. The van der Waals surface area contributed by atoms with Gasteiger partial charge in [0.15, 0.2) is 12.0 Å². The first kappa shape index (κ1) is 34.6. The number of nitrogens with one attached hydrogen (secondary N) is 1. The van der Waals surface area contributed by atoms with E-state index in [0.29, 0.717) is 18.8 Å². The van der Waals surface area contributed by atoms with Crippen LogP contribution in [0.3, 0.4) is 0 Å². The number of carbonyl (C=O) groups excluding carboxylic acids is 1. The normalized spacial score (nSPS) is 16.6. The fourth-order valence-electron chi connectivity index (χ4n) is 7.03. The topological polar surface area (TPSA) is 86.9 Å². The first-order valence-electron chi connectivity index (χ1n) is 16.5. The summed E-state index contributed by atoms with van der Waals surface area (Å²) >= 11 is 0. The number of halogens is 1. The summed E-state index contributed by atoms with van der Waals surface area (Å²) < 4.78 is 2.32. The van der Waals surface area contributed by atoms with E-state index < -0.39 is 0 Å². The van der Waals surface area contributed by atoms with Crippen molar-refractivity contribution in [3.63, 3.8) is 0 Å². The van der Waals surface area contributed by atoms with Crippen molar-refractivity contribution < 1.29 is 21.8 Å². The SMILES string of the molecule is C[N+]1=C(C=CC=C2N(CCCCCC(=O)NCc3ccc(-c4nncnn4)cc3)c3ccccc3C2(C)C)C(C)(C)c2ccccc21.[Cl-]. The number of rotatable bonds is 11. The van der Waals surface area contributed by atoms with Gasteiger partial charge in [-0.15, -0.1) is 20.4 Å². The molecule has 4 aromatic rings. The lowest BCUT2D eigenvalue weighted by Gasteiger charge is -2.27. The van der Waals surface area contributed by atoms with Gasteiger partial charge in [0.05, 0.1) is 5.41 Å². The van der Waals surface area contributed by atoms with Crippen LogP contribution >= 0.6 is 0 Å². The molecule has 0 saturated heterocycles. The lowest BCUT2D eigenvalue weighted by molar-refractivity contribution is -0.401. The van der Waals surface area contributed by atoms with Gasteiger partial charge >= 0.3 is 0 Å². The van der Waals surface area contributed by atoms with Crippen LogP contribution in [0.5, 0.6) is 0 Å². The number of allylic oxidation sites excluding steroid dienone is 4. The van der Waals surface area contributed by atoms with Crippen LogP contribution < -0.4 is 22.6 Å². The Morgan fingerprint density at radius 3 is 2.27 bits per heavy atom. The molecular weight excluding hydrogens is 618 g/mol. The Hall–Kier alpha value is -4.69. The van der Waals surface area contributed by atoms with Gasteiger partial charge in [0.1, 0.15) is 7.05 Å². The van der Waals surface area contributed by atoms with E-state index in [-0.39, 0.29) is 29.1 Å². The average molecular weight is 662 g/mol. The summed E-state index contributed by atoms with van der Waals surface area (Å²) in [6.07, 6.45) is 11.5. The van der Waals surface area contributed by atoms with Crippen LogP contribution in [-0.4, -0.2) is 50.2 Å². The number of hydrogen-bond acceptors (Lipinski definition) is 6. The zero-order chi connectivity index (χ0) is 33.0. The van der Waals surface area contributed by atoms with E-state index in [1.54, 1.807) is 0 Å². The number of fused-ring (bicyclic) bond motifs is 2. The second-order valence-corrected chi connectivity index (χ2v) is 13.4. The van der Waals surface area contributed by atoms with E-state index in [0.717, 1.165) is 36.9 Å². The third-order valence-corrected chi connectivity index (χ3v) is 9.64. The third kappa shape index (κ3) is 6.95. The summed E-state index contributed by atoms with van der Waals surface area (Å²) in [6.45, 7) is 10.7. The number of unbranched alkanes of at least 4 members (excludes halogenated alkanes) is 2. The maximum absolute atomic E-state index is 12.6. The summed E-state index contributed by atoms with van der Waals surface area (Å²) in [5.74, 6) is 0.557. The Morgan fingerprint density at radius 2 is 1.54 bits per heavy atom. The number of carbonyl (C=O) groups is 1. The van der Waals surface area contributed by atoms with E-state index in [1.807, 2.05) is 24.3 Å². The number of amides is 1. The molecule has 2 aliphatic rings. The maximum Gasteiger partial charge on any atom is 0.220 e. The zero-order valence-electron chi connectivity index (χ0n) is 28.4. The van der Waals surface area contributed by atoms with E-state index in [2.05, 4.69) is 137 Å².